The van der Waals surface area contributed by atoms with Gasteiger partial charge >= 0.3 is 0 Å². The molecule has 20 heavy (non-hydrogen) atoms. The number of methoxy groups -OCH3 is 1. The third-order valence-electron chi connectivity index (χ3n) is 3.59. The standard InChI is InChI=1S/C17H19NO2/c1-10-7-12(3)15(8-11(10)2)17(19)14-6-5-13(20-4)9-16(14)18/h5-9H,18H2,1-4H3. The van der Waals surface area contributed by atoms with Gasteiger partial charge in [-0.15, -0.1) is 0 Å². The highest BCUT2D eigenvalue weighted by Crippen LogP contribution is 2.24. The summed E-state index contributed by atoms with van der Waals surface area (Å²) in [6.07, 6.45) is 0. The highest BCUT2D eigenvalue weighted by molar-refractivity contribution is 6.13. The van der Waals surface area contributed by atoms with Crippen molar-refractivity contribution in [3.8, 4) is 5.75 Å². The lowest BCUT2D eigenvalue weighted by Gasteiger charge is -2.11. The molecule has 0 atom stereocenters. The number of nitrogen functional groups attached to an aromatic ring is 1. The van der Waals surface area contributed by atoms with Crippen molar-refractivity contribution in [3.05, 3.63) is 58.1 Å². The fourth-order valence-electron chi connectivity index (χ4n) is 2.22. The van der Waals surface area contributed by atoms with Crippen LogP contribution in [0.15, 0.2) is 30.3 Å². The zero-order valence-electron chi connectivity index (χ0n) is 12.3. The van der Waals surface area contributed by atoms with Crippen LogP contribution in [-0.2, 0) is 0 Å². The van der Waals surface area contributed by atoms with E-state index in [1.54, 1.807) is 25.3 Å². The van der Waals surface area contributed by atoms with E-state index in [-0.39, 0.29) is 5.78 Å². The molecule has 0 aliphatic heterocycles. The summed E-state index contributed by atoms with van der Waals surface area (Å²) in [5.41, 5.74) is 10.9. The normalized spacial score (nSPS) is 10.4. The Bertz CT molecular complexity index is 675. The molecule has 0 unspecified atom stereocenters. The number of rotatable bonds is 3. The van der Waals surface area contributed by atoms with Gasteiger partial charge in [-0.25, -0.2) is 0 Å². The number of hydrogen-bond acceptors (Lipinski definition) is 3. The molecule has 2 aromatic carbocycles. The highest BCUT2D eigenvalue weighted by atomic mass is 16.5. The Labute approximate surface area is 119 Å². The van der Waals surface area contributed by atoms with Crippen molar-refractivity contribution in [2.24, 2.45) is 0 Å². The Morgan fingerprint density at radius 1 is 0.950 bits per heavy atom. The maximum atomic E-state index is 12.6. The number of aryl methyl sites for hydroxylation is 3. The SMILES string of the molecule is COc1ccc(C(=O)c2cc(C)c(C)cc2C)c(N)c1. The Morgan fingerprint density at radius 3 is 2.20 bits per heavy atom. The van der Waals surface area contributed by atoms with Crippen molar-refractivity contribution in [1.29, 1.82) is 0 Å². The number of nitrogens with two attached hydrogens (primary N) is 1. The van der Waals surface area contributed by atoms with Gasteiger partial charge in [0, 0.05) is 22.9 Å². The van der Waals surface area contributed by atoms with Gasteiger partial charge < -0.3 is 10.5 Å². The molecule has 0 radical (unpaired) electrons. The number of hydrogen-bond donors (Lipinski definition) is 1. The molecular formula is C17H19NO2. The fraction of sp³-hybridized carbons (Fsp3) is 0.235. The summed E-state index contributed by atoms with van der Waals surface area (Å²) in [4.78, 5) is 12.6. The average Bonchev–Trinajstić information content (AvgIpc) is 2.42. The van der Waals surface area contributed by atoms with Gasteiger partial charge in [0.15, 0.2) is 5.78 Å². The van der Waals surface area contributed by atoms with Crippen molar-refractivity contribution in [2.75, 3.05) is 12.8 Å². The number of ether oxygens (including phenoxy) is 1. The molecule has 0 aliphatic rings. The van der Waals surface area contributed by atoms with E-state index in [1.165, 1.54) is 5.56 Å². The average molecular weight is 269 g/mol. The van der Waals surface area contributed by atoms with E-state index in [2.05, 4.69) is 0 Å². The molecule has 2 aromatic rings. The summed E-state index contributed by atoms with van der Waals surface area (Å²) in [6, 6.07) is 9.09. The predicted molar refractivity (Wildman–Crippen MR) is 81.5 cm³/mol. The smallest absolute Gasteiger partial charge is 0.195 e. The number of carbonyl (C=O) groups is 1. The molecule has 0 fully saturated rings. The van der Waals surface area contributed by atoms with Crippen LogP contribution in [0.25, 0.3) is 0 Å². The quantitative estimate of drug-likeness (QED) is 0.686. The Morgan fingerprint density at radius 2 is 1.60 bits per heavy atom. The zero-order valence-corrected chi connectivity index (χ0v) is 12.3. The number of carbonyl (C=O) groups excluding carboxylic acids is 1. The van der Waals surface area contributed by atoms with Gasteiger partial charge in [0.25, 0.3) is 0 Å². The van der Waals surface area contributed by atoms with Crippen LogP contribution in [0, 0.1) is 20.8 Å². The predicted octanol–water partition coefficient (Wildman–Crippen LogP) is 3.43. The lowest BCUT2D eigenvalue weighted by molar-refractivity contribution is 0.103. The maximum Gasteiger partial charge on any atom is 0.195 e. The molecule has 104 valence electrons. The largest absolute Gasteiger partial charge is 0.497 e. The molecule has 0 amide bonds. The van der Waals surface area contributed by atoms with Crippen LogP contribution in [0.2, 0.25) is 0 Å². The fourth-order valence-corrected chi connectivity index (χ4v) is 2.22. The molecule has 3 heteroatoms. The minimum Gasteiger partial charge on any atom is -0.497 e. The molecule has 0 heterocycles. The summed E-state index contributed by atoms with van der Waals surface area (Å²) in [6.45, 7) is 5.99. The first kappa shape index (κ1) is 14.1. The lowest BCUT2D eigenvalue weighted by atomic mass is 9.94. The van der Waals surface area contributed by atoms with E-state index in [0.717, 1.165) is 11.1 Å². The molecule has 0 bridgehead atoms. The first-order valence-electron chi connectivity index (χ1n) is 6.50. The van der Waals surface area contributed by atoms with Crippen molar-refractivity contribution in [1.82, 2.24) is 0 Å². The molecule has 2 N–H and O–H groups in total. The van der Waals surface area contributed by atoms with Gasteiger partial charge in [0.2, 0.25) is 0 Å². The second kappa shape index (κ2) is 5.37. The summed E-state index contributed by atoms with van der Waals surface area (Å²) in [5, 5.41) is 0. The van der Waals surface area contributed by atoms with Crippen LogP contribution < -0.4 is 10.5 Å². The van der Waals surface area contributed by atoms with Gasteiger partial charge in [-0.2, -0.15) is 0 Å². The van der Waals surface area contributed by atoms with Gasteiger partial charge in [0.1, 0.15) is 5.75 Å². The summed E-state index contributed by atoms with van der Waals surface area (Å²) < 4.78 is 5.10. The molecule has 0 saturated heterocycles. The monoisotopic (exact) mass is 269 g/mol. The highest BCUT2D eigenvalue weighted by Gasteiger charge is 2.16. The molecule has 3 nitrogen and oxygen atoms in total. The van der Waals surface area contributed by atoms with Crippen LogP contribution in [-0.4, -0.2) is 12.9 Å². The van der Waals surface area contributed by atoms with Crippen molar-refractivity contribution >= 4 is 11.5 Å². The summed E-state index contributed by atoms with van der Waals surface area (Å²) >= 11 is 0. The number of anilines is 1. The minimum absolute atomic E-state index is 0.0502. The minimum atomic E-state index is -0.0502. The first-order valence-corrected chi connectivity index (χ1v) is 6.50. The molecular weight excluding hydrogens is 250 g/mol. The van der Waals surface area contributed by atoms with Crippen LogP contribution >= 0.6 is 0 Å². The first-order chi connectivity index (χ1) is 9.43. The van der Waals surface area contributed by atoms with Gasteiger partial charge in [-0.05, 0) is 55.7 Å². The second-order valence-corrected chi connectivity index (χ2v) is 5.03. The van der Waals surface area contributed by atoms with E-state index in [1.807, 2.05) is 32.9 Å². The van der Waals surface area contributed by atoms with Crippen molar-refractivity contribution < 1.29 is 9.53 Å². The topological polar surface area (TPSA) is 52.3 Å². The molecule has 2 rings (SSSR count). The van der Waals surface area contributed by atoms with Gasteiger partial charge in [-0.1, -0.05) is 6.07 Å². The Balaban J connectivity index is 2.49. The molecule has 0 aromatic heterocycles. The van der Waals surface area contributed by atoms with Crippen LogP contribution in [0.4, 0.5) is 5.69 Å². The van der Waals surface area contributed by atoms with Crippen LogP contribution in [0.5, 0.6) is 5.75 Å². The summed E-state index contributed by atoms with van der Waals surface area (Å²) in [7, 11) is 1.57. The van der Waals surface area contributed by atoms with Gasteiger partial charge in [-0.3, -0.25) is 4.79 Å². The zero-order chi connectivity index (χ0) is 14.9. The van der Waals surface area contributed by atoms with Crippen LogP contribution in [0.3, 0.4) is 0 Å². The van der Waals surface area contributed by atoms with E-state index >= 15 is 0 Å². The third-order valence-corrected chi connectivity index (χ3v) is 3.59. The Hall–Kier alpha value is -2.29. The van der Waals surface area contributed by atoms with Crippen LogP contribution in [0.1, 0.15) is 32.6 Å². The van der Waals surface area contributed by atoms with E-state index < -0.39 is 0 Å². The number of ketones is 1. The summed E-state index contributed by atoms with van der Waals surface area (Å²) in [5.74, 6) is 0.599. The van der Waals surface area contributed by atoms with Gasteiger partial charge in [0.05, 0.1) is 7.11 Å². The second-order valence-electron chi connectivity index (χ2n) is 5.03. The Kier molecular flexibility index (Phi) is 3.79. The molecule has 0 saturated carbocycles. The van der Waals surface area contributed by atoms with Crippen molar-refractivity contribution in [3.63, 3.8) is 0 Å². The lowest BCUT2D eigenvalue weighted by Crippen LogP contribution is -2.08. The van der Waals surface area contributed by atoms with Crippen molar-refractivity contribution in [2.45, 2.75) is 20.8 Å². The van der Waals surface area contributed by atoms with E-state index in [4.69, 9.17) is 10.5 Å². The molecule has 0 spiro atoms. The molecule has 0 aliphatic carbocycles. The number of benzene rings is 2. The maximum absolute atomic E-state index is 12.6. The third kappa shape index (κ3) is 2.52. The van der Waals surface area contributed by atoms with E-state index in [9.17, 15) is 4.79 Å². The van der Waals surface area contributed by atoms with E-state index in [0.29, 0.717) is 22.6 Å².